The molecule has 0 aromatic rings. The Balaban J connectivity index is 3.55. The molecule has 0 fully saturated rings. The lowest BCUT2D eigenvalue weighted by Crippen LogP contribution is -2.00. The summed E-state index contributed by atoms with van der Waals surface area (Å²) in [6.45, 7) is 0. The van der Waals surface area contributed by atoms with Crippen LogP contribution in [0, 0.1) is 5.41 Å². The fraction of sp³-hybridized carbons (Fsp3) is 0.500. The van der Waals surface area contributed by atoms with Crippen LogP contribution in [0.1, 0.15) is 0 Å². The number of hydrogen-bond donors (Lipinski definition) is 1. The topological polar surface area (TPSA) is 36.2 Å². The lowest BCUT2D eigenvalue weighted by Gasteiger charge is -1.90. The first-order chi connectivity index (χ1) is 3.18. The first-order valence-electron chi connectivity index (χ1n) is 1.39. The van der Waals surface area contributed by atoms with E-state index in [4.69, 9.17) is 28.6 Å². The maximum atomic E-state index is 6.57. The van der Waals surface area contributed by atoms with Crippen molar-refractivity contribution in [3.8, 4) is 0 Å². The molecular formula is C2H2Cl2N2S. The Labute approximate surface area is 56.5 Å². The lowest BCUT2D eigenvalue weighted by molar-refractivity contribution is 1.23. The molecule has 5 heteroatoms. The monoisotopic (exact) mass is 156 g/mol. The summed E-state index contributed by atoms with van der Waals surface area (Å²) in [5.74, 6) is 0. The predicted octanol–water partition coefficient (Wildman–Crippen LogP) is 1.50. The smallest absolute Gasteiger partial charge is 0.188 e. The molecule has 1 N–H and O–H groups in total. The van der Waals surface area contributed by atoms with Gasteiger partial charge in [-0.05, 0) is 0 Å². The second-order valence-electron chi connectivity index (χ2n) is 0.789. The van der Waals surface area contributed by atoms with Gasteiger partial charge >= 0.3 is 0 Å². The minimum Gasteiger partial charge on any atom is -0.290 e. The highest BCUT2D eigenvalue weighted by Crippen LogP contribution is 2.00. The number of halogens is 2. The van der Waals surface area contributed by atoms with Crippen molar-refractivity contribution in [1.82, 2.24) is 0 Å². The summed E-state index contributed by atoms with van der Waals surface area (Å²) in [5.41, 5.74) is -0.836. The van der Waals surface area contributed by atoms with Gasteiger partial charge in [-0.1, -0.05) is 23.2 Å². The van der Waals surface area contributed by atoms with E-state index < -0.39 is 5.50 Å². The zero-order valence-electron chi connectivity index (χ0n) is 3.19. The van der Waals surface area contributed by atoms with Gasteiger partial charge in [-0.3, -0.25) is 5.41 Å². The standard InChI is InChI=1S/C2H2Cl2N2S/c3-1(5)2(4)6-7/h2,5H. The molecule has 0 aliphatic rings. The Morgan fingerprint density at radius 1 is 1.86 bits per heavy atom. The summed E-state index contributed by atoms with van der Waals surface area (Å²) >= 11 is 14.3. The van der Waals surface area contributed by atoms with E-state index in [0.717, 1.165) is 0 Å². The van der Waals surface area contributed by atoms with Crippen molar-refractivity contribution in [2.24, 2.45) is 4.36 Å². The maximum absolute atomic E-state index is 6.57. The quantitative estimate of drug-likeness (QED) is 0.368. The SMILES string of the molecule is N=C(Cl)C(Cl)N=S. The molecule has 0 saturated carbocycles. The number of alkyl halides is 1. The molecule has 0 bridgehead atoms. The van der Waals surface area contributed by atoms with E-state index in [2.05, 4.69) is 16.8 Å². The third-order valence-electron chi connectivity index (χ3n) is 0.302. The van der Waals surface area contributed by atoms with E-state index in [9.17, 15) is 0 Å². The van der Waals surface area contributed by atoms with E-state index in [0.29, 0.717) is 0 Å². The van der Waals surface area contributed by atoms with Gasteiger partial charge in [0, 0.05) is 12.4 Å². The average Bonchev–Trinajstić information content (AvgIpc) is 1.65. The minimum atomic E-state index is -0.836. The first kappa shape index (κ1) is 7.27. The van der Waals surface area contributed by atoms with Crippen LogP contribution in [0.5, 0.6) is 0 Å². The van der Waals surface area contributed by atoms with Gasteiger partial charge in [0.25, 0.3) is 0 Å². The zero-order valence-corrected chi connectivity index (χ0v) is 5.52. The molecule has 0 aromatic heterocycles. The summed E-state index contributed by atoms with van der Waals surface area (Å²) in [7, 11) is 0. The minimum absolute atomic E-state index is 0.239. The Bertz CT molecular complexity index is 93.7. The van der Waals surface area contributed by atoms with Crippen LogP contribution in [-0.4, -0.2) is 10.7 Å². The van der Waals surface area contributed by atoms with Gasteiger partial charge in [0.15, 0.2) is 5.50 Å². The fourth-order valence-electron chi connectivity index (χ4n) is 0.0463. The second-order valence-corrected chi connectivity index (χ2v) is 1.82. The molecule has 2 nitrogen and oxygen atoms in total. The lowest BCUT2D eigenvalue weighted by atomic mass is 10.7. The average molecular weight is 157 g/mol. The molecule has 0 rings (SSSR count). The number of hydrogen-bond acceptors (Lipinski definition) is 3. The van der Waals surface area contributed by atoms with Crippen LogP contribution < -0.4 is 0 Å². The van der Waals surface area contributed by atoms with Crippen LogP contribution in [0.3, 0.4) is 0 Å². The molecule has 40 valence electrons. The van der Waals surface area contributed by atoms with Crippen molar-refractivity contribution < 1.29 is 0 Å². The van der Waals surface area contributed by atoms with Crippen LogP contribution >= 0.6 is 23.2 Å². The maximum Gasteiger partial charge on any atom is 0.188 e. The molecule has 1 unspecified atom stereocenters. The Morgan fingerprint density at radius 2 is 2.29 bits per heavy atom. The van der Waals surface area contributed by atoms with Gasteiger partial charge < -0.3 is 0 Å². The molecule has 0 heterocycles. The van der Waals surface area contributed by atoms with Crippen LogP contribution in [-0.2, 0) is 12.4 Å². The zero-order chi connectivity index (χ0) is 5.86. The Kier molecular flexibility index (Phi) is 3.42. The van der Waals surface area contributed by atoms with Crippen LogP contribution in [0.25, 0.3) is 0 Å². The van der Waals surface area contributed by atoms with Gasteiger partial charge in [0.1, 0.15) is 5.17 Å². The van der Waals surface area contributed by atoms with Crippen molar-refractivity contribution in [3.05, 3.63) is 0 Å². The van der Waals surface area contributed by atoms with Crippen molar-refractivity contribution in [1.29, 1.82) is 5.41 Å². The van der Waals surface area contributed by atoms with Crippen LogP contribution in [0.15, 0.2) is 4.36 Å². The van der Waals surface area contributed by atoms with Crippen molar-refractivity contribution in [3.63, 3.8) is 0 Å². The molecular weight excluding hydrogens is 155 g/mol. The van der Waals surface area contributed by atoms with Crippen LogP contribution in [0.2, 0.25) is 0 Å². The summed E-state index contributed by atoms with van der Waals surface area (Å²) in [4.78, 5) is 0. The summed E-state index contributed by atoms with van der Waals surface area (Å²) < 4.78 is 3.08. The highest BCUT2D eigenvalue weighted by Gasteiger charge is 2.02. The molecule has 0 aromatic carbocycles. The van der Waals surface area contributed by atoms with E-state index in [1.807, 2.05) is 0 Å². The normalized spacial score (nSPS) is 12.9. The molecule has 0 aliphatic heterocycles. The van der Waals surface area contributed by atoms with E-state index in [-0.39, 0.29) is 5.17 Å². The highest BCUT2D eigenvalue weighted by atomic mass is 35.5. The fourth-order valence-corrected chi connectivity index (χ4v) is 0.258. The summed E-state index contributed by atoms with van der Waals surface area (Å²) in [6, 6.07) is 0. The molecule has 1 atom stereocenters. The molecule has 0 spiro atoms. The number of nitrogens with zero attached hydrogens (tertiary/aromatic N) is 1. The van der Waals surface area contributed by atoms with E-state index in [1.54, 1.807) is 0 Å². The van der Waals surface area contributed by atoms with Crippen LogP contribution in [0.4, 0.5) is 0 Å². The van der Waals surface area contributed by atoms with Gasteiger partial charge in [0.05, 0.1) is 0 Å². The molecule has 0 aliphatic carbocycles. The summed E-state index contributed by atoms with van der Waals surface area (Å²) in [6.07, 6.45) is 0. The number of nitrogens with one attached hydrogen (secondary N) is 1. The van der Waals surface area contributed by atoms with Gasteiger partial charge in [0.2, 0.25) is 0 Å². The molecule has 0 radical (unpaired) electrons. The van der Waals surface area contributed by atoms with E-state index in [1.165, 1.54) is 0 Å². The third kappa shape index (κ3) is 2.91. The van der Waals surface area contributed by atoms with Crippen molar-refractivity contribution >= 4 is 40.8 Å². The second kappa shape index (κ2) is 3.29. The van der Waals surface area contributed by atoms with Gasteiger partial charge in [-0.15, -0.1) is 0 Å². The van der Waals surface area contributed by atoms with E-state index >= 15 is 0 Å². The Hall–Kier alpha value is 0.270. The molecule has 0 amide bonds. The highest BCUT2D eigenvalue weighted by molar-refractivity contribution is 7.47. The summed E-state index contributed by atoms with van der Waals surface area (Å²) in [5, 5.41) is 6.33. The van der Waals surface area contributed by atoms with Crippen molar-refractivity contribution in [2.45, 2.75) is 5.50 Å². The predicted molar refractivity (Wildman–Crippen MR) is 33.0 cm³/mol. The number of rotatable bonds is 2. The molecule has 7 heavy (non-hydrogen) atoms. The van der Waals surface area contributed by atoms with Gasteiger partial charge in [-0.25, -0.2) is 0 Å². The molecule has 0 saturated heterocycles. The third-order valence-corrected chi connectivity index (χ3v) is 1.26. The first-order valence-corrected chi connectivity index (χ1v) is 2.57. The van der Waals surface area contributed by atoms with Gasteiger partial charge in [-0.2, -0.15) is 4.36 Å². The largest absolute Gasteiger partial charge is 0.290 e. The van der Waals surface area contributed by atoms with Crippen molar-refractivity contribution in [2.75, 3.05) is 0 Å². The Morgan fingerprint density at radius 3 is 2.29 bits per heavy atom.